The van der Waals surface area contributed by atoms with Crippen molar-refractivity contribution in [3.8, 4) is 5.75 Å². The first kappa shape index (κ1) is 26.3. The van der Waals surface area contributed by atoms with E-state index in [9.17, 15) is 4.79 Å². The fourth-order valence-electron chi connectivity index (χ4n) is 5.08. The van der Waals surface area contributed by atoms with Crippen LogP contribution in [0.5, 0.6) is 5.75 Å². The topological polar surface area (TPSA) is 66.0 Å². The van der Waals surface area contributed by atoms with Crippen molar-refractivity contribution in [1.29, 1.82) is 0 Å². The van der Waals surface area contributed by atoms with Gasteiger partial charge in [0.15, 0.2) is 5.96 Å². The lowest BCUT2D eigenvalue weighted by molar-refractivity contribution is 0.0396. The van der Waals surface area contributed by atoms with Gasteiger partial charge >= 0.3 is 0 Å². The summed E-state index contributed by atoms with van der Waals surface area (Å²) in [6.45, 7) is 6.08. The minimum atomic E-state index is -0.0574. The van der Waals surface area contributed by atoms with Crippen molar-refractivity contribution in [2.24, 2.45) is 4.99 Å². The second-order valence-corrected chi connectivity index (χ2v) is 9.03. The fraction of sp³-hybridized carbons (Fsp3) is 0.481. The third kappa shape index (κ3) is 5.85. The summed E-state index contributed by atoms with van der Waals surface area (Å²) in [6.07, 6.45) is 5.64. The SMILES string of the molecule is CCN(CC)C(=O)c1ccc(CNC(=NC)NC2CC3(CCCC3)Oc3ccccc32)cc1.I. The third-order valence-corrected chi connectivity index (χ3v) is 6.96. The number of benzene rings is 2. The van der Waals surface area contributed by atoms with Crippen molar-refractivity contribution in [1.82, 2.24) is 15.5 Å². The predicted octanol–water partition coefficient (Wildman–Crippen LogP) is 5.29. The van der Waals surface area contributed by atoms with Gasteiger partial charge in [-0.1, -0.05) is 30.3 Å². The number of halogens is 1. The molecule has 6 nitrogen and oxygen atoms in total. The summed E-state index contributed by atoms with van der Waals surface area (Å²) in [5.74, 6) is 1.84. The van der Waals surface area contributed by atoms with Crippen LogP contribution in [0.15, 0.2) is 53.5 Å². The van der Waals surface area contributed by atoms with Crippen LogP contribution in [0, 0.1) is 0 Å². The van der Waals surface area contributed by atoms with Crippen molar-refractivity contribution in [2.45, 2.75) is 64.1 Å². The zero-order valence-electron chi connectivity index (χ0n) is 20.5. The number of amides is 1. The van der Waals surface area contributed by atoms with Gasteiger partial charge in [0.25, 0.3) is 5.91 Å². The highest BCUT2D eigenvalue weighted by Gasteiger charge is 2.43. The van der Waals surface area contributed by atoms with Crippen molar-refractivity contribution in [2.75, 3.05) is 20.1 Å². The van der Waals surface area contributed by atoms with E-state index in [1.165, 1.54) is 18.4 Å². The lowest BCUT2D eigenvalue weighted by atomic mass is 9.86. The summed E-state index contributed by atoms with van der Waals surface area (Å²) in [6, 6.07) is 16.3. The van der Waals surface area contributed by atoms with Crippen LogP contribution in [0.4, 0.5) is 0 Å². The van der Waals surface area contributed by atoms with E-state index in [1.807, 2.05) is 49.1 Å². The minimum Gasteiger partial charge on any atom is -0.487 e. The third-order valence-electron chi connectivity index (χ3n) is 6.96. The molecule has 0 bridgehead atoms. The summed E-state index contributed by atoms with van der Waals surface area (Å²) < 4.78 is 6.49. The molecule has 7 heteroatoms. The molecular weight excluding hydrogens is 539 g/mol. The molecule has 2 N–H and O–H groups in total. The molecule has 0 aromatic heterocycles. The molecule has 1 amide bonds. The second kappa shape index (κ2) is 11.9. The molecule has 1 heterocycles. The Hall–Kier alpha value is -2.29. The zero-order valence-corrected chi connectivity index (χ0v) is 22.8. The number of hydrogen-bond donors (Lipinski definition) is 2. The molecule has 2 aromatic rings. The molecule has 4 rings (SSSR count). The van der Waals surface area contributed by atoms with Gasteiger partial charge in [-0.25, -0.2) is 0 Å². The molecule has 1 unspecified atom stereocenters. The Kier molecular flexibility index (Phi) is 9.22. The van der Waals surface area contributed by atoms with E-state index in [1.54, 1.807) is 7.05 Å². The summed E-state index contributed by atoms with van der Waals surface area (Å²) in [5.41, 5.74) is 2.97. The largest absolute Gasteiger partial charge is 0.487 e. The number of ether oxygens (including phenoxy) is 1. The molecule has 1 saturated carbocycles. The maximum atomic E-state index is 12.5. The van der Waals surface area contributed by atoms with Gasteiger partial charge in [0.1, 0.15) is 11.4 Å². The highest BCUT2D eigenvalue weighted by molar-refractivity contribution is 14.0. The van der Waals surface area contributed by atoms with Gasteiger partial charge in [0.2, 0.25) is 0 Å². The van der Waals surface area contributed by atoms with Crippen molar-refractivity contribution < 1.29 is 9.53 Å². The number of carbonyl (C=O) groups is 1. The Morgan fingerprint density at radius 2 is 1.76 bits per heavy atom. The maximum absolute atomic E-state index is 12.5. The van der Waals surface area contributed by atoms with Crippen LogP contribution < -0.4 is 15.4 Å². The van der Waals surface area contributed by atoms with Gasteiger partial charge in [0.05, 0.1) is 6.04 Å². The molecule has 1 aliphatic heterocycles. The molecule has 2 aromatic carbocycles. The quantitative estimate of drug-likeness (QED) is 0.279. The van der Waals surface area contributed by atoms with Gasteiger partial charge < -0.3 is 20.3 Å². The van der Waals surface area contributed by atoms with Crippen LogP contribution in [0.3, 0.4) is 0 Å². The highest BCUT2D eigenvalue weighted by atomic mass is 127. The summed E-state index contributed by atoms with van der Waals surface area (Å²) in [5, 5.41) is 7.08. The summed E-state index contributed by atoms with van der Waals surface area (Å²) >= 11 is 0. The number of rotatable bonds is 6. The first-order valence-electron chi connectivity index (χ1n) is 12.2. The van der Waals surface area contributed by atoms with Crippen LogP contribution in [0.25, 0.3) is 0 Å². The van der Waals surface area contributed by atoms with Crippen LogP contribution in [0.2, 0.25) is 0 Å². The van der Waals surface area contributed by atoms with Gasteiger partial charge in [-0.3, -0.25) is 9.79 Å². The summed E-state index contributed by atoms with van der Waals surface area (Å²) in [7, 11) is 1.80. The number of guanidine groups is 1. The molecule has 0 radical (unpaired) electrons. The Bertz CT molecular complexity index is 982. The number of para-hydroxylation sites is 1. The van der Waals surface area contributed by atoms with E-state index in [4.69, 9.17) is 4.74 Å². The molecular formula is C27H37IN4O2. The lowest BCUT2D eigenvalue weighted by Crippen LogP contribution is -2.46. The molecule has 1 fully saturated rings. The number of hydrogen-bond acceptors (Lipinski definition) is 3. The molecule has 34 heavy (non-hydrogen) atoms. The Morgan fingerprint density at radius 1 is 1.09 bits per heavy atom. The Balaban J connectivity index is 0.00000324. The highest BCUT2D eigenvalue weighted by Crippen LogP contribution is 2.46. The average Bonchev–Trinajstić information content (AvgIpc) is 3.29. The first-order chi connectivity index (χ1) is 16.1. The van der Waals surface area contributed by atoms with Crippen molar-refractivity contribution in [3.05, 3.63) is 65.2 Å². The van der Waals surface area contributed by atoms with Crippen LogP contribution in [0.1, 0.15) is 73.5 Å². The molecule has 0 saturated heterocycles. The van der Waals surface area contributed by atoms with E-state index in [0.29, 0.717) is 6.54 Å². The lowest BCUT2D eigenvalue weighted by Gasteiger charge is -2.40. The second-order valence-electron chi connectivity index (χ2n) is 9.03. The van der Waals surface area contributed by atoms with E-state index in [0.717, 1.165) is 55.2 Å². The Labute approximate surface area is 220 Å². The molecule has 184 valence electrons. The van der Waals surface area contributed by atoms with Crippen molar-refractivity contribution in [3.63, 3.8) is 0 Å². The minimum absolute atomic E-state index is 0. The van der Waals surface area contributed by atoms with Gasteiger partial charge in [-0.2, -0.15) is 0 Å². The van der Waals surface area contributed by atoms with Crippen LogP contribution in [-0.2, 0) is 6.54 Å². The summed E-state index contributed by atoms with van der Waals surface area (Å²) in [4.78, 5) is 18.8. The first-order valence-corrected chi connectivity index (χ1v) is 12.2. The van der Waals surface area contributed by atoms with Crippen LogP contribution in [-0.4, -0.2) is 42.5 Å². The zero-order chi connectivity index (χ0) is 23.3. The molecule has 1 atom stereocenters. The van der Waals surface area contributed by atoms with E-state index in [2.05, 4.69) is 33.8 Å². The number of aliphatic imine (C=N–C) groups is 1. The number of carbonyl (C=O) groups excluding carboxylic acids is 1. The average molecular weight is 577 g/mol. The van der Waals surface area contributed by atoms with Crippen LogP contribution >= 0.6 is 24.0 Å². The predicted molar refractivity (Wildman–Crippen MR) is 148 cm³/mol. The van der Waals surface area contributed by atoms with E-state index >= 15 is 0 Å². The van der Waals surface area contributed by atoms with Gasteiger partial charge in [0, 0.05) is 44.2 Å². The van der Waals surface area contributed by atoms with Gasteiger partial charge in [-0.05, 0) is 63.3 Å². The molecule has 1 spiro atoms. The molecule has 1 aliphatic carbocycles. The van der Waals surface area contributed by atoms with E-state index < -0.39 is 0 Å². The fourth-order valence-corrected chi connectivity index (χ4v) is 5.08. The monoisotopic (exact) mass is 576 g/mol. The van der Waals surface area contributed by atoms with Crippen molar-refractivity contribution >= 4 is 35.8 Å². The standard InChI is InChI=1S/C27H36N4O2.HI/c1-4-31(5-2)25(32)21-14-12-20(13-15-21)19-29-26(28-3)30-23-18-27(16-8-9-17-27)33-24-11-7-6-10-22(23)24;/h6-7,10-15,23H,4-5,8-9,16-19H2,1-3H3,(H2,28,29,30);1H. The molecule has 2 aliphatic rings. The number of nitrogens with zero attached hydrogens (tertiary/aromatic N) is 2. The van der Waals surface area contributed by atoms with E-state index in [-0.39, 0.29) is 41.5 Å². The Morgan fingerprint density at radius 3 is 2.41 bits per heavy atom. The smallest absolute Gasteiger partial charge is 0.253 e. The maximum Gasteiger partial charge on any atom is 0.253 e. The normalized spacial score (nSPS) is 18.4. The van der Waals surface area contributed by atoms with Gasteiger partial charge in [-0.15, -0.1) is 24.0 Å². The number of nitrogens with one attached hydrogen (secondary N) is 2. The number of fused-ring (bicyclic) bond motifs is 1.